The van der Waals surface area contributed by atoms with Crippen LogP contribution in [-0.4, -0.2) is 14.9 Å². The highest BCUT2D eigenvalue weighted by molar-refractivity contribution is 9.10. The lowest BCUT2D eigenvalue weighted by atomic mass is 10.1. The van der Waals surface area contributed by atoms with E-state index < -0.39 is 6.10 Å². The molecular formula is C15H19BrN2O2. The van der Waals surface area contributed by atoms with Gasteiger partial charge in [0.15, 0.2) is 0 Å². The van der Waals surface area contributed by atoms with Crippen molar-refractivity contribution < 1.29 is 9.84 Å². The lowest BCUT2D eigenvalue weighted by Gasteiger charge is -2.12. The second-order valence-corrected chi connectivity index (χ2v) is 5.75. The second kappa shape index (κ2) is 5.97. The van der Waals surface area contributed by atoms with Gasteiger partial charge in [-0.2, -0.15) is 5.10 Å². The number of aliphatic hydroxyl groups excluding tert-OH is 1. The van der Waals surface area contributed by atoms with Crippen LogP contribution in [0.1, 0.15) is 35.5 Å². The molecule has 1 heterocycles. The Morgan fingerprint density at radius 3 is 2.60 bits per heavy atom. The van der Waals surface area contributed by atoms with Crippen LogP contribution in [0.3, 0.4) is 0 Å². The molecule has 0 saturated heterocycles. The van der Waals surface area contributed by atoms with Crippen LogP contribution >= 0.6 is 15.9 Å². The van der Waals surface area contributed by atoms with E-state index in [1.165, 1.54) is 0 Å². The Balaban J connectivity index is 2.15. The predicted octanol–water partition coefficient (Wildman–Crippen LogP) is 3.43. The van der Waals surface area contributed by atoms with Gasteiger partial charge in [0.05, 0.1) is 22.0 Å². The zero-order chi connectivity index (χ0) is 14.9. The van der Waals surface area contributed by atoms with Gasteiger partial charge in [-0.15, -0.1) is 0 Å². The minimum atomic E-state index is -0.461. The number of aryl methyl sites for hydroxylation is 3. The van der Waals surface area contributed by atoms with Crippen LogP contribution in [0.15, 0.2) is 22.7 Å². The average molecular weight is 339 g/mol. The maximum atomic E-state index is 9.56. The lowest BCUT2D eigenvalue weighted by molar-refractivity contribution is 0.199. The zero-order valence-corrected chi connectivity index (χ0v) is 13.7. The Kier molecular flexibility index (Phi) is 4.50. The summed E-state index contributed by atoms with van der Waals surface area (Å²) in [5.41, 5.74) is 3.86. The number of halogens is 1. The van der Waals surface area contributed by atoms with Crippen molar-refractivity contribution in [2.75, 3.05) is 0 Å². The number of hydrogen-bond acceptors (Lipinski definition) is 3. The van der Waals surface area contributed by atoms with Crippen LogP contribution in [0.5, 0.6) is 5.75 Å². The van der Waals surface area contributed by atoms with Crippen LogP contribution in [-0.2, 0) is 13.7 Å². The Labute approximate surface area is 127 Å². The molecule has 0 fully saturated rings. The van der Waals surface area contributed by atoms with Gasteiger partial charge in [0.1, 0.15) is 12.4 Å². The molecule has 5 heteroatoms. The Morgan fingerprint density at radius 2 is 2.10 bits per heavy atom. The average Bonchev–Trinajstić information content (AvgIpc) is 2.62. The van der Waals surface area contributed by atoms with Crippen molar-refractivity contribution in [3.05, 3.63) is 45.2 Å². The summed E-state index contributed by atoms with van der Waals surface area (Å²) in [7, 11) is 1.90. The second-order valence-electron chi connectivity index (χ2n) is 4.96. The standard InChI is InChI=1S/C15H19BrN2O2/c1-9-7-12(11(3)19)5-6-14(9)20-8-13-15(16)10(2)17-18(13)4/h5-7,11,19H,8H2,1-4H3/t11-/m0/s1. The van der Waals surface area contributed by atoms with Gasteiger partial charge < -0.3 is 9.84 Å². The molecule has 1 aromatic carbocycles. The molecule has 0 aliphatic heterocycles. The van der Waals surface area contributed by atoms with Gasteiger partial charge in [-0.25, -0.2) is 0 Å². The molecular weight excluding hydrogens is 320 g/mol. The third-order valence-corrected chi connectivity index (χ3v) is 4.34. The molecule has 0 bridgehead atoms. The molecule has 0 spiro atoms. The molecule has 0 unspecified atom stereocenters. The number of benzene rings is 1. The molecule has 0 amide bonds. The van der Waals surface area contributed by atoms with Crippen molar-refractivity contribution in [1.29, 1.82) is 0 Å². The normalized spacial score (nSPS) is 12.5. The van der Waals surface area contributed by atoms with Gasteiger partial charge in [-0.3, -0.25) is 4.68 Å². The quantitative estimate of drug-likeness (QED) is 0.928. The van der Waals surface area contributed by atoms with Gasteiger partial charge in [-0.05, 0) is 60.0 Å². The van der Waals surface area contributed by atoms with E-state index in [0.717, 1.165) is 32.7 Å². The first kappa shape index (κ1) is 15.1. The van der Waals surface area contributed by atoms with Crippen LogP contribution in [0, 0.1) is 13.8 Å². The number of rotatable bonds is 4. The molecule has 1 N–H and O–H groups in total. The van der Waals surface area contributed by atoms with E-state index in [0.29, 0.717) is 6.61 Å². The van der Waals surface area contributed by atoms with Crippen LogP contribution in [0.25, 0.3) is 0 Å². The summed E-state index contributed by atoms with van der Waals surface area (Å²) in [5, 5.41) is 13.9. The molecule has 0 aliphatic carbocycles. The van der Waals surface area contributed by atoms with Crippen molar-refractivity contribution >= 4 is 15.9 Å². The molecule has 0 aliphatic rings. The molecule has 1 atom stereocenters. The third kappa shape index (κ3) is 3.04. The Morgan fingerprint density at radius 1 is 1.40 bits per heavy atom. The first-order chi connectivity index (χ1) is 9.40. The summed E-state index contributed by atoms with van der Waals surface area (Å²) in [5.74, 6) is 0.820. The minimum absolute atomic E-state index is 0.451. The fraction of sp³-hybridized carbons (Fsp3) is 0.400. The number of hydrogen-bond donors (Lipinski definition) is 1. The molecule has 0 radical (unpaired) electrons. The highest BCUT2D eigenvalue weighted by Crippen LogP contribution is 2.25. The van der Waals surface area contributed by atoms with Crippen molar-refractivity contribution in [1.82, 2.24) is 9.78 Å². The van der Waals surface area contributed by atoms with Crippen molar-refractivity contribution in [3.63, 3.8) is 0 Å². The Hall–Kier alpha value is -1.33. The first-order valence-corrected chi connectivity index (χ1v) is 7.29. The molecule has 2 aromatic rings. The molecule has 20 heavy (non-hydrogen) atoms. The van der Waals surface area contributed by atoms with Gasteiger partial charge in [0.25, 0.3) is 0 Å². The molecule has 1 aromatic heterocycles. The molecule has 0 saturated carbocycles. The largest absolute Gasteiger partial charge is 0.487 e. The lowest BCUT2D eigenvalue weighted by Crippen LogP contribution is -2.04. The number of aromatic nitrogens is 2. The fourth-order valence-corrected chi connectivity index (χ4v) is 2.53. The molecule has 4 nitrogen and oxygen atoms in total. The van der Waals surface area contributed by atoms with E-state index in [4.69, 9.17) is 4.74 Å². The summed E-state index contributed by atoms with van der Waals surface area (Å²) >= 11 is 3.53. The summed E-state index contributed by atoms with van der Waals surface area (Å²) in [6, 6.07) is 5.73. The van der Waals surface area contributed by atoms with E-state index in [1.54, 1.807) is 6.92 Å². The van der Waals surface area contributed by atoms with Gasteiger partial charge in [0.2, 0.25) is 0 Å². The molecule has 108 valence electrons. The van der Waals surface area contributed by atoms with Crippen LogP contribution in [0.2, 0.25) is 0 Å². The Bertz CT molecular complexity index is 621. The van der Waals surface area contributed by atoms with E-state index in [1.807, 2.05) is 43.8 Å². The predicted molar refractivity (Wildman–Crippen MR) is 81.8 cm³/mol. The van der Waals surface area contributed by atoms with Gasteiger partial charge >= 0.3 is 0 Å². The van der Waals surface area contributed by atoms with Crippen molar-refractivity contribution in [3.8, 4) is 5.75 Å². The maximum Gasteiger partial charge on any atom is 0.131 e. The smallest absolute Gasteiger partial charge is 0.131 e. The van der Waals surface area contributed by atoms with Gasteiger partial charge in [0, 0.05) is 7.05 Å². The summed E-state index contributed by atoms with van der Waals surface area (Å²) in [6.45, 7) is 6.14. The SMILES string of the molecule is Cc1cc([C@H](C)O)ccc1OCc1c(Br)c(C)nn1C. The third-order valence-electron chi connectivity index (χ3n) is 3.31. The number of aliphatic hydroxyl groups is 1. The fourth-order valence-electron chi connectivity index (χ4n) is 2.08. The number of ether oxygens (including phenoxy) is 1. The monoisotopic (exact) mass is 338 g/mol. The van der Waals surface area contributed by atoms with E-state index >= 15 is 0 Å². The highest BCUT2D eigenvalue weighted by atomic mass is 79.9. The summed E-state index contributed by atoms with van der Waals surface area (Å²) < 4.78 is 8.66. The van der Waals surface area contributed by atoms with Crippen LogP contribution < -0.4 is 4.74 Å². The topological polar surface area (TPSA) is 47.3 Å². The first-order valence-electron chi connectivity index (χ1n) is 6.49. The number of nitrogens with zero attached hydrogens (tertiary/aromatic N) is 2. The summed E-state index contributed by atoms with van der Waals surface area (Å²) in [4.78, 5) is 0. The minimum Gasteiger partial charge on any atom is -0.487 e. The van der Waals surface area contributed by atoms with Crippen molar-refractivity contribution in [2.24, 2.45) is 7.05 Å². The highest BCUT2D eigenvalue weighted by Gasteiger charge is 2.12. The van der Waals surface area contributed by atoms with E-state index in [9.17, 15) is 5.11 Å². The van der Waals surface area contributed by atoms with E-state index in [-0.39, 0.29) is 0 Å². The zero-order valence-electron chi connectivity index (χ0n) is 12.1. The maximum absolute atomic E-state index is 9.56. The van der Waals surface area contributed by atoms with Crippen LogP contribution in [0.4, 0.5) is 0 Å². The van der Waals surface area contributed by atoms with E-state index in [2.05, 4.69) is 21.0 Å². The van der Waals surface area contributed by atoms with Crippen molar-refractivity contribution in [2.45, 2.75) is 33.5 Å². The summed E-state index contributed by atoms with van der Waals surface area (Å²) in [6.07, 6.45) is -0.461. The van der Waals surface area contributed by atoms with Gasteiger partial charge in [-0.1, -0.05) is 6.07 Å². The molecule has 2 rings (SSSR count).